The second kappa shape index (κ2) is 8.38. The van der Waals surface area contributed by atoms with E-state index in [9.17, 15) is 9.59 Å². The Morgan fingerprint density at radius 2 is 1.56 bits per heavy atom. The van der Waals surface area contributed by atoms with Crippen LogP contribution in [0, 0.1) is 11.8 Å². The van der Waals surface area contributed by atoms with Crippen LogP contribution in [-0.4, -0.2) is 11.9 Å². The molecule has 4 heteroatoms. The van der Waals surface area contributed by atoms with E-state index in [1.54, 1.807) is 13.8 Å². The van der Waals surface area contributed by atoms with Gasteiger partial charge in [-0.1, -0.05) is 39.2 Å². The molecule has 27 heavy (non-hydrogen) atoms. The maximum Gasteiger partial charge on any atom is 0.338 e. The molecule has 0 amide bonds. The minimum atomic E-state index is -0.390. The molecule has 0 radical (unpaired) electrons. The van der Waals surface area contributed by atoms with Crippen LogP contribution in [0.25, 0.3) is 0 Å². The Bertz CT molecular complexity index is 817. The van der Waals surface area contributed by atoms with Crippen LogP contribution in [0.15, 0.2) is 70.8 Å². The second-order valence-electron chi connectivity index (χ2n) is 7.52. The molecule has 0 bridgehead atoms. The summed E-state index contributed by atoms with van der Waals surface area (Å²) in [4.78, 5) is 23.6. The lowest BCUT2D eigenvalue weighted by atomic mass is 9.79. The maximum absolute atomic E-state index is 11.9. The van der Waals surface area contributed by atoms with Gasteiger partial charge in [-0.25, -0.2) is 9.59 Å². The van der Waals surface area contributed by atoms with E-state index in [4.69, 9.17) is 9.47 Å². The predicted molar refractivity (Wildman–Crippen MR) is 106 cm³/mol. The summed E-state index contributed by atoms with van der Waals surface area (Å²) >= 11 is 0. The Balaban J connectivity index is 2.24. The van der Waals surface area contributed by atoms with Crippen LogP contribution in [0.4, 0.5) is 0 Å². The zero-order valence-corrected chi connectivity index (χ0v) is 16.8. The zero-order chi connectivity index (χ0) is 20.3. The van der Waals surface area contributed by atoms with Gasteiger partial charge in [0.05, 0.1) is 0 Å². The Morgan fingerprint density at radius 1 is 0.963 bits per heavy atom. The first kappa shape index (κ1) is 20.7. The second-order valence-corrected chi connectivity index (χ2v) is 7.52. The molecule has 2 aliphatic rings. The average Bonchev–Trinajstić information content (AvgIpc) is 2.57. The first-order valence-corrected chi connectivity index (χ1v) is 9.18. The molecule has 0 aliphatic heterocycles. The highest BCUT2D eigenvalue weighted by Gasteiger charge is 2.27. The predicted octanol–water partition coefficient (Wildman–Crippen LogP) is 5.32. The third kappa shape index (κ3) is 4.97. The van der Waals surface area contributed by atoms with Crippen LogP contribution in [0.2, 0.25) is 0 Å². The van der Waals surface area contributed by atoms with Crippen molar-refractivity contribution in [1.29, 1.82) is 0 Å². The molecular weight excluding hydrogens is 340 g/mol. The van der Waals surface area contributed by atoms with E-state index in [2.05, 4.69) is 33.1 Å². The minimum Gasteiger partial charge on any atom is -0.428 e. The standard InChI is InChI=1S/C23H28O4/c1-13(2)22(24)26-19-8-9-20(15(5)12-19)18-10-16(6)21(17(7)11-18)27-23(25)14(3)4/h8-10,15,17H,1,3,11-12H2,2,4-7H3/t15-,17-/m0/s1. The number of ether oxygens (including phenoxy) is 2. The van der Waals surface area contributed by atoms with Crippen molar-refractivity contribution in [3.8, 4) is 0 Å². The summed E-state index contributed by atoms with van der Waals surface area (Å²) in [5.74, 6) is 0.931. The number of esters is 2. The van der Waals surface area contributed by atoms with Crippen LogP contribution in [-0.2, 0) is 19.1 Å². The SMILES string of the molecule is C=C(C)C(=O)OC1=CC=C(C2=CC(C)=C(OC(=O)C(=C)C)[C@@H](C)C2)[C@@H](C)C1. The molecule has 2 rings (SSSR count). The summed E-state index contributed by atoms with van der Waals surface area (Å²) in [6.45, 7) is 16.7. The molecule has 0 heterocycles. The quantitative estimate of drug-likeness (QED) is 0.487. The van der Waals surface area contributed by atoms with E-state index in [-0.39, 0.29) is 17.8 Å². The van der Waals surface area contributed by atoms with Gasteiger partial charge in [0.1, 0.15) is 11.5 Å². The van der Waals surface area contributed by atoms with Crippen molar-refractivity contribution in [1.82, 2.24) is 0 Å². The van der Waals surface area contributed by atoms with Crippen LogP contribution < -0.4 is 0 Å². The van der Waals surface area contributed by atoms with Gasteiger partial charge in [-0.05, 0) is 55.9 Å². The fraction of sp³-hybridized carbons (Fsp3) is 0.391. The van der Waals surface area contributed by atoms with Gasteiger partial charge in [0.15, 0.2) is 0 Å². The minimum absolute atomic E-state index is 0.105. The van der Waals surface area contributed by atoms with Gasteiger partial charge in [0.2, 0.25) is 0 Å². The summed E-state index contributed by atoms with van der Waals surface area (Å²) in [7, 11) is 0. The average molecular weight is 368 g/mol. The molecule has 144 valence electrons. The van der Waals surface area contributed by atoms with E-state index in [1.165, 1.54) is 11.1 Å². The molecule has 0 unspecified atom stereocenters. The van der Waals surface area contributed by atoms with Crippen LogP contribution in [0.3, 0.4) is 0 Å². The van der Waals surface area contributed by atoms with Gasteiger partial charge in [-0.3, -0.25) is 0 Å². The molecule has 0 aromatic rings. The number of hydrogen-bond donors (Lipinski definition) is 0. The largest absolute Gasteiger partial charge is 0.428 e. The third-order valence-electron chi connectivity index (χ3n) is 4.73. The van der Waals surface area contributed by atoms with Gasteiger partial charge < -0.3 is 9.47 Å². The van der Waals surface area contributed by atoms with E-state index < -0.39 is 5.97 Å². The van der Waals surface area contributed by atoms with Gasteiger partial charge >= 0.3 is 11.9 Å². The van der Waals surface area contributed by atoms with Crippen molar-refractivity contribution in [3.05, 3.63) is 70.8 Å². The van der Waals surface area contributed by atoms with Crippen molar-refractivity contribution in [3.63, 3.8) is 0 Å². The highest BCUT2D eigenvalue weighted by Crippen LogP contribution is 2.39. The Hall–Kier alpha value is -2.62. The smallest absolute Gasteiger partial charge is 0.338 e. The van der Waals surface area contributed by atoms with Gasteiger partial charge in [-0.15, -0.1) is 0 Å². The molecule has 4 nitrogen and oxygen atoms in total. The first-order valence-electron chi connectivity index (χ1n) is 9.18. The molecule has 2 atom stereocenters. The fourth-order valence-corrected chi connectivity index (χ4v) is 3.30. The molecule has 0 saturated carbocycles. The molecule has 0 N–H and O–H groups in total. The highest BCUT2D eigenvalue weighted by atomic mass is 16.5. The summed E-state index contributed by atoms with van der Waals surface area (Å²) < 4.78 is 10.9. The summed E-state index contributed by atoms with van der Waals surface area (Å²) in [6.07, 6.45) is 7.42. The van der Waals surface area contributed by atoms with E-state index >= 15 is 0 Å². The molecule has 2 aliphatic carbocycles. The zero-order valence-electron chi connectivity index (χ0n) is 16.8. The fourth-order valence-electron chi connectivity index (χ4n) is 3.30. The van der Waals surface area contributed by atoms with Crippen molar-refractivity contribution in [2.24, 2.45) is 11.8 Å². The molecule has 0 spiro atoms. The molecule has 0 aromatic heterocycles. The lowest BCUT2D eigenvalue weighted by Crippen LogP contribution is -2.18. The third-order valence-corrected chi connectivity index (χ3v) is 4.73. The maximum atomic E-state index is 11.9. The summed E-state index contributed by atoms with van der Waals surface area (Å²) in [5, 5.41) is 0. The van der Waals surface area contributed by atoms with Crippen molar-refractivity contribution in [2.45, 2.75) is 47.5 Å². The van der Waals surface area contributed by atoms with Gasteiger partial charge in [0, 0.05) is 23.5 Å². The van der Waals surface area contributed by atoms with E-state index in [0.29, 0.717) is 29.1 Å². The number of allylic oxidation sites excluding steroid dienone is 8. The molecule has 0 aromatic carbocycles. The lowest BCUT2D eigenvalue weighted by Gasteiger charge is -2.29. The summed E-state index contributed by atoms with van der Waals surface area (Å²) in [6, 6.07) is 0. The molecule has 0 saturated heterocycles. The lowest BCUT2D eigenvalue weighted by molar-refractivity contribution is -0.136. The summed E-state index contributed by atoms with van der Waals surface area (Å²) in [5.41, 5.74) is 4.18. The first-order chi connectivity index (χ1) is 12.6. The van der Waals surface area contributed by atoms with E-state index in [1.807, 2.05) is 19.1 Å². The van der Waals surface area contributed by atoms with Crippen LogP contribution in [0.5, 0.6) is 0 Å². The molecule has 0 fully saturated rings. The Kier molecular flexibility index (Phi) is 6.42. The van der Waals surface area contributed by atoms with Gasteiger partial charge in [0.25, 0.3) is 0 Å². The Morgan fingerprint density at radius 3 is 2.07 bits per heavy atom. The number of hydrogen-bond acceptors (Lipinski definition) is 4. The highest BCUT2D eigenvalue weighted by molar-refractivity contribution is 5.88. The van der Waals surface area contributed by atoms with Crippen LogP contribution >= 0.6 is 0 Å². The normalized spacial score (nSPS) is 22.3. The van der Waals surface area contributed by atoms with Crippen LogP contribution in [0.1, 0.15) is 47.5 Å². The van der Waals surface area contributed by atoms with E-state index in [0.717, 1.165) is 12.0 Å². The van der Waals surface area contributed by atoms with Crippen molar-refractivity contribution < 1.29 is 19.1 Å². The molecular formula is C23H28O4. The topological polar surface area (TPSA) is 52.6 Å². The number of rotatable bonds is 5. The number of carbonyl (C=O) groups is 2. The van der Waals surface area contributed by atoms with Crippen molar-refractivity contribution in [2.75, 3.05) is 0 Å². The number of carbonyl (C=O) groups excluding carboxylic acids is 2. The Labute approximate surface area is 161 Å². The van der Waals surface area contributed by atoms with Crippen molar-refractivity contribution >= 4 is 11.9 Å². The monoisotopic (exact) mass is 368 g/mol. The van der Waals surface area contributed by atoms with Gasteiger partial charge in [-0.2, -0.15) is 0 Å².